The monoisotopic (exact) mass is 263 g/mol. The molecule has 0 radical (unpaired) electrons. The molecule has 0 bridgehead atoms. The molecule has 0 aliphatic heterocycles. The lowest BCUT2D eigenvalue weighted by Gasteiger charge is -2.04. The Morgan fingerprint density at radius 2 is 2.11 bits per heavy atom. The lowest BCUT2D eigenvalue weighted by Crippen LogP contribution is -2.19. The van der Waals surface area contributed by atoms with Gasteiger partial charge >= 0.3 is 0 Å². The number of rotatable bonds is 5. The Kier molecular flexibility index (Phi) is 4.19. The van der Waals surface area contributed by atoms with Crippen molar-refractivity contribution in [2.45, 2.75) is 13.1 Å². The zero-order valence-corrected chi connectivity index (χ0v) is 10.4. The lowest BCUT2D eigenvalue weighted by atomic mass is 10.3. The van der Waals surface area contributed by atoms with Crippen molar-refractivity contribution in [3.05, 3.63) is 42.0 Å². The largest absolute Gasteiger partial charge is 0.324 e. The molecular weight excluding hydrogens is 249 g/mol. The van der Waals surface area contributed by atoms with Crippen LogP contribution in [0.3, 0.4) is 0 Å². The predicted molar refractivity (Wildman–Crippen MR) is 67.8 cm³/mol. The van der Waals surface area contributed by atoms with Gasteiger partial charge in [-0.2, -0.15) is 0 Å². The molecule has 19 heavy (non-hydrogen) atoms. The Morgan fingerprint density at radius 3 is 2.79 bits per heavy atom. The van der Waals surface area contributed by atoms with E-state index in [0.29, 0.717) is 12.2 Å². The number of hydrogen-bond acceptors (Lipinski definition) is 4. The van der Waals surface area contributed by atoms with Crippen molar-refractivity contribution >= 4 is 11.6 Å². The second kappa shape index (κ2) is 6.05. The van der Waals surface area contributed by atoms with Gasteiger partial charge in [-0.25, -0.2) is 9.07 Å². The molecular formula is C12H14FN5O. The van der Waals surface area contributed by atoms with Gasteiger partial charge in [0.05, 0.1) is 11.9 Å². The molecule has 0 spiro atoms. The number of nitrogens with one attached hydrogen (secondary N) is 2. The summed E-state index contributed by atoms with van der Waals surface area (Å²) in [5, 5.41) is 13.3. The first kappa shape index (κ1) is 13.2. The number of hydrogen-bond donors (Lipinski definition) is 2. The first-order valence-electron chi connectivity index (χ1n) is 5.76. The Morgan fingerprint density at radius 1 is 1.37 bits per heavy atom. The van der Waals surface area contributed by atoms with E-state index in [4.69, 9.17) is 0 Å². The second-order valence-electron chi connectivity index (χ2n) is 3.99. The Balaban J connectivity index is 1.91. The first-order valence-corrected chi connectivity index (χ1v) is 5.76. The van der Waals surface area contributed by atoms with E-state index in [1.54, 1.807) is 13.2 Å². The molecule has 0 aliphatic rings. The van der Waals surface area contributed by atoms with E-state index in [0.717, 1.165) is 5.69 Å². The van der Waals surface area contributed by atoms with Crippen LogP contribution in [0.4, 0.5) is 10.1 Å². The van der Waals surface area contributed by atoms with Crippen molar-refractivity contribution in [1.29, 1.82) is 0 Å². The highest BCUT2D eigenvalue weighted by Crippen LogP contribution is 2.08. The van der Waals surface area contributed by atoms with Crippen LogP contribution in [-0.2, 0) is 17.9 Å². The molecule has 1 aromatic heterocycles. The predicted octanol–water partition coefficient (Wildman–Crippen LogP) is 0.775. The zero-order valence-electron chi connectivity index (χ0n) is 10.4. The summed E-state index contributed by atoms with van der Waals surface area (Å²) in [4.78, 5) is 11.7. The number of nitrogens with zero attached hydrogens (tertiary/aromatic N) is 3. The van der Waals surface area contributed by atoms with Crippen LogP contribution in [0.2, 0.25) is 0 Å². The van der Waals surface area contributed by atoms with Crippen LogP contribution >= 0.6 is 0 Å². The summed E-state index contributed by atoms with van der Waals surface area (Å²) < 4.78 is 14.2. The molecule has 2 aromatic rings. The van der Waals surface area contributed by atoms with Crippen molar-refractivity contribution in [1.82, 2.24) is 20.3 Å². The van der Waals surface area contributed by atoms with Crippen LogP contribution in [0.25, 0.3) is 0 Å². The standard InChI is InChI=1S/C12H14FN5O/c1-14-6-11-7-18(17-16-11)8-12(19)15-10-4-2-9(13)3-5-10/h2-5,7,14H,6,8H2,1H3,(H,15,19). The molecule has 0 saturated carbocycles. The third-order valence-electron chi connectivity index (χ3n) is 2.38. The molecule has 100 valence electrons. The maximum absolute atomic E-state index is 12.7. The van der Waals surface area contributed by atoms with Gasteiger partial charge in [-0.1, -0.05) is 5.21 Å². The molecule has 6 nitrogen and oxygen atoms in total. The summed E-state index contributed by atoms with van der Waals surface area (Å²) >= 11 is 0. The number of amides is 1. The van der Waals surface area contributed by atoms with Gasteiger partial charge in [-0.05, 0) is 31.3 Å². The molecule has 1 amide bonds. The highest BCUT2D eigenvalue weighted by molar-refractivity contribution is 5.90. The minimum absolute atomic E-state index is 0.0636. The topological polar surface area (TPSA) is 71.8 Å². The molecule has 0 fully saturated rings. The molecule has 1 aromatic carbocycles. The summed E-state index contributed by atoms with van der Waals surface area (Å²) in [6.45, 7) is 0.660. The summed E-state index contributed by atoms with van der Waals surface area (Å²) in [7, 11) is 1.81. The first-order chi connectivity index (χ1) is 9.17. The highest BCUT2D eigenvalue weighted by Gasteiger charge is 2.06. The maximum Gasteiger partial charge on any atom is 0.246 e. The third kappa shape index (κ3) is 3.85. The quantitative estimate of drug-likeness (QED) is 0.836. The fourth-order valence-corrected chi connectivity index (χ4v) is 1.56. The number of carbonyl (C=O) groups excluding carboxylic acids is 1. The number of halogens is 1. The summed E-state index contributed by atoms with van der Waals surface area (Å²) in [5.41, 5.74) is 1.30. The number of anilines is 1. The van der Waals surface area contributed by atoms with Gasteiger partial charge in [0.2, 0.25) is 5.91 Å². The van der Waals surface area contributed by atoms with Crippen molar-refractivity contribution in [2.24, 2.45) is 0 Å². The highest BCUT2D eigenvalue weighted by atomic mass is 19.1. The van der Waals surface area contributed by atoms with Gasteiger partial charge < -0.3 is 10.6 Å². The van der Waals surface area contributed by atoms with E-state index < -0.39 is 0 Å². The van der Waals surface area contributed by atoms with E-state index in [1.807, 2.05) is 0 Å². The third-order valence-corrected chi connectivity index (χ3v) is 2.38. The summed E-state index contributed by atoms with van der Waals surface area (Å²) in [5.74, 6) is -0.585. The SMILES string of the molecule is CNCc1cn(CC(=O)Nc2ccc(F)cc2)nn1. The molecule has 2 N–H and O–H groups in total. The van der Waals surface area contributed by atoms with Crippen molar-refractivity contribution in [3.63, 3.8) is 0 Å². The normalized spacial score (nSPS) is 10.4. The lowest BCUT2D eigenvalue weighted by molar-refractivity contribution is -0.116. The van der Waals surface area contributed by atoms with E-state index in [1.165, 1.54) is 28.9 Å². The summed E-state index contributed by atoms with van der Waals surface area (Å²) in [6.07, 6.45) is 1.70. The smallest absolute Gasteiger partial charge is 0.246 e. The van der Waals surface area contributed by atoms with Gasteiger partial charge in [0.1, 0.15) is 12.4 Å². The Labute approximate surface area is 109 Å². The number of carbonyl (C=O) groups is 1. The number of benzene rings is 1. The van der Waals surface area contributed by atoms with Crippen molar-refractivity contribution in [2.75, 3.05) is 12.4 Å². The van der Waals surface area contributed by atoms with E-state index in [2.05, 4.69) is 20.9 Å². The minimum Gasteiger partial charge on any atom is -0.324 e. The minimum atomic E-state index is -0.342. The van der Waals surface area contributed by atoms with E-state index >= 15 is 0 Å². The zero-order chi connectivity index (χ0) is 13.7. The van der Waals surface area contributed by atoms with Crippen LogP contribution in [0.5, 0.6) is 0 Å². The van der Waals surface area contributed by atoms with Crippen LogP contribution in [0.15, 0.2) is 30.5 Å². The van der Waals surface area contributed by atoms with Crippen molar-refractivity contribution < 1.29 is 9.18 Å². The fourth-order valence-electron chi connectivity index (χ4n) is 1.56. The molecule has 2 rings (SSSR count). The Hall–Kier alpha value is -2.28. The average molecular weight is 263 g/mol. The molecule has 1 heterocycles. The van der Waals surface area contributed by atoms with Gasteiger partial charge in [0.25, 0.3) is 0 Å². The number of aromatic nitrogens is 3. The molecule has 0 saturated heterocycles. The van der Waals surface area contributed by atoms with Crippen LogP contribution in [0, 0.1) is 5.82 Å². The average Bonchev–Trinajstić information content (AvgIpc) is 2.80. The second-order valence-corrected chi connectivity index (χ2v) is 3.99. The van der Waals surface area contributed by atoms with Crippen LogP contribution in [-0.4, -0.2) is 27.9 Å². The molecule has 0 aliphatic carbocycles. The van der Waals surface area contributed by atoms with E-state index in [-0.39, 0.29) is 18.3 Å². The molecule has 0 atom stereocenters. The van der Waals surface area contributed by atoms with Gasteiger partial charge in [-0.3, -0.25) is 4.79 Å². The fraction of sp³-hybridized carbons (Fsp3) is 0.250. The van der Waals surface area contributed by atoms with Crippen molar-refractivity contribution in [3.8, 4) is 0 Å². The molecule has 0 unspecified atom stereocenters. The van der Waals surface area contributed by atoms with Crippen LogP contribution in [0.1, 0.15) is 5.69 Å². The summed E-state index contributed by atoms with van der Waals surface area (Å²) in [6, 6.07) is 5.58. The van der Waals surface area contributed by atoms with Gasteiger partial charge in [0, 0.05) is 12.2 Å². The van der Waals surface area contributed by atoms with Crippen LogP contribution < -0.4 is 10.6 Å². The maximum atomic E-state index is 12.7. The van der Waals surface area contributed by atoms with Gasteiger partial charge in [-0.15, -0.1) is 5.10 Å². The Bertz CT molecular complexity index is 552. The van der Waals surface area contributed by atoms with Gasteiger partial charge in [0.15, 0.2) is 0 Å². The molecule has 7 heteroatoms. The van der Waals surface area contributed by atoms with E-state index in [9.17, 15) is 9.18 Å².